The molecule has 0 spiro atoms. The van der Waals surface area contributed by atoms with Gasteiger partial charge in [-0.1, -0.05) is 6.07 Å². The molecule has 0 aliphatic carbocycles. The Hall–Kier alpha value is -2.21. The number of hydrogen-bond donors (Lipinski definition) is 1. The summed E-state index contributed by atoms with van der Waals surface area (Å²) in [5, 5.41) is 13.1. The SMILES string of the molecule is NCC1CCn2c(nnc2-c2cnn3ccccc23)C1. The van der Waals surface area contributed by atoms with E-state index in [0.717, 1.165) is 48.7 Å². The maximum Gasteiger partial charge on any atom is 0.167 e. The largest absolute Gasteiger partial charge is 0.330 e. The van der Waals surface area contributed by atoms with Crippen molar-refractivity contribution in [1.29, 1.82) is 0 Å². The molecule has 0 bridgehead atoms. The fourth-order valence-electron chi connectivity index (χ4n) is 2.90. The van der Waals surface area contributed by atoms with Crippen molar-refractivity contribution in [3.63, 3.8) is 0 Å². The number of pyridine rings is 1. The third-order valence-corrected chi connectivity index (χ3v) is 4.06. The third-order valence-electron chi connectivity index (χ3n) is 4.06. The van der Waals surface area contributed by atoms with Gasteiger partial charge in [-0.2, -0.15) is 5.10 Å². The molecule has 0 aromatic carbocycles. The predicted molar refractivity (Wildman–Crippen MR) is 75.1 cm³/mol. The molecular formula is C14H16N6. The summed E-state index contributed by atoms with van der Waals surface area (Å²) in [5.41, 5.74) is 7.86. The van der Waals surface area contributed by atoms with Crippen molar-refractivity contribution in [1.82, 2.24) is 24.4 Å². The van der Waals surface area contributed by atoms with Crippen LogP contribution in [0.2, 0.25) is 0 Å². The highest BCUT2D eigenvalue weighted by molar-refractivity contribution is 5.75. The summed E-state index contributed by atoms with van der Waals surface area (Å²) in [6.45, 7) is 1.66. The van der Waals surface area contributed by atoms with E-state index in [2.05, 4.69) is 25.9 Å². The van der Waals surface area contributed by atoms with Crippen molar-refractivity contribution in [2.75, 3.05) is 6.54 Å². The van der Waals surface area contributed by atoms with E-state index in [9.17, 15) is 0 Å². The van der Waals surface area contributed by atoms with E-state index in [4.69, 9.17) is 5.73 Å². The molecule has 0 radical (unpaired) electrons. The van der Waals surface area contributed by atoms with Gasteiger partial charge in [-0.3, -0.25) is 0 Å². The van der Waals surface area contributed by atoms with Crippen LogP contribution in [0.5, 0.6) is 0 Å². The highest BCUT2D eigenvalue weighted by Crippen LogP contribution is 2.27. The molecule has 3 aromatic rings. The van der Waals surface area contributed by atoms with Crippen LogP contribution in [0, 0.1) is 5.92 Å². The molecule has 4 heterocycles. The minimum Gasteiger partial charge on any atom is -0.330 e. The lowest BCUT2D eigenvalue weighted by Gasteiger charge is -2.22. The lowest BCUT2D eigenvalue weighted by atomic mass is 9.98. The molecule has 0 saturated carbocycles. The van der Waals surface area contributed by atoms with Crippen LogP contribution in [0.25, 0.3) is 16.9 Å². The average molecular weight is 268 g/mol. The minimum atomic E-state index is 0.531. The lowest BCUT2D eigenvalue weighted by molar-refractivity contribution is 0.391. The zero-order chi connectivity index (χ0) is 13.5. The fourth-order valence-corrected chi connectivity index (χ4v) is 2.90. The van der Waals surface area contributed by atoms with E-state index < -0.39 is 0 Å². The summed E-state index contributed by atoms with van der Waals surface area (Å²) < 4.78 is 4.07. The number of rotatable bonds is 2. The molecule has 4 rings (SSSR count). The summed E-state index contributed by atoms with van der Waals surface area (Å²) >= 11 is 0. The summed E-state index contributed by atoms with van der Waals surface area (Å²) in [7, 11) is 0. The summed E-state index contributed by atoms with van der Waals surface area (Å²) in [5.74, 6) is 2.48. The van der Waals surface area contributed by atoms with Crippen molar-refractivity contribution in [2.24, 2.45) is 11.7 Å². The van der Waals surface area contributed by atoms with Gasteiger partial charge in [-0.25, -0.2) is 4.52 Å². The number of fused-ring (bicyclic) bond motifs is 2. The Morgan fingerprint density at radius 1 is 1.30 bits per heavy atom. The first-order valence-corrected chi connectivity index (χ1v) is 6.91. The standard InChI is InChI=1S/C14H16N6/c15-8-10-4-6-19-13(7-10)17-18-14(19)11-9-16-20-5-2-1-3-12(11)20/h1-3,5,9-10H,4,6-8,15H2. The first-order valence-electron chi connectivity index (χ1n) is 6.91. The highest BCUT2D eigenvalue weighted by atomic mass is 15.3. The molecule has 0 fully saturated rings. The number of nitrogens with zero attached hydrogens (tertiary/aromatic N) is 5. The topological polar surface area (TPSA) is 74.0 Å². The Kier molecular flexibility index (Phi) is 2.56. The van der Waals surface area contributed by atoms with E-state index in [0.29, 0.717) is 5.92 Å². The monoisotopic (exact) mass is 268 g/mol. The molecule has 1 atom stereocenters. The maximum absolute atomic E-state index is 5.77. The zero-order valence-electron chi connectivity index (χ0n) is 11.1. The molecule has 3 aromatic heterocycles. The van der Waals surface area contributed by atoms with Crippen LogP contribution in [-0.2, 0) is 13.0 Å². The molecule has 1 aliphatic rings. The summed E-state index contributed by atoms with van der Waals surface area (Å²) in [6, 6.07) is 6.03. The van der Waals surface area contributed by atoms with Crippen LogP contribution >= 0.6 is 0 Å². The van der Waals surface area contributed by atoms with Crippen LogP contribution < -0.4 is 5.73 Å². The first kappa shape index (κ1) is 11.6. The van der Waals surface area contributed by atoms with E-state index in [-0.39, 0.29) is 0 Å². The Morgan fingerprint density at radius 3 is 3.15 bits per heavy atom. The van der Waals surface area contributed by atoms with Crippen molar-refractivity contribution >= 4 is 5.52 Å². The van der Waals surface area contributed by atoms with Crippen molar-refractivity contribution < 1.29 is 0 Å². The summed E-state index contributed by atoms with van der Waals surface area (Å²) in [4.78, 5) is 0. The zero-order valence-corrected chi connectivity index (χ0v) is 11.1. The average Bonchev–Trinajstić information content (AvgIpc) is 3.09. The molecule has 0 saturated heterocycles. The van der Waals surface area contributed by atoms with Crippen LogP contribution in [0.15, 0.2) is 30.6 Å². The minimum absolute atomic E-state index is 0.531. The predicted octanol–water partition coefficient (Wildman–Crippen LogP) is 1.11. The Labute approximate surface area is 116 Å². The fraction of sp³-hybridized carbons (Fsp3) is 0.357. The summed E-state index contributed by atoms with van der Waals surface area (Å²) in [6.07, 6.45) is 5.81. The number of aromatic nitrogens is 5. The van der Waals surface area contributed by atoms with Gasteiger partial charge in [0.15, 0.2) is 5.82 Å². The molecule has 6 nitrogen and oxygen atoms in total. The van der Waals surface area contributed by atoms with E-state index in [1.807, 2.05) is 29.0 Å². The number of hydrogen-bond acceptors (Lipinski definition) is 4. The third kappa shape index (κ3) is 1.65. The van der Waals surface area contributed by atoms with Gasteiger partial charge >= 0.3 is 0 Å². The highest BCUT2D eigenvalue weighted by Gasteiger charge is 2.23. The van der Waals surface area contributed by atoms with Crippen LogP contribution in [-0.4, -0.2) is 30.9 Å². The quantitative estimate of drug-likeness (QED) is 0.755. The molecule has 1 aliphatic heterocycles. The van der Waals surface area contributed by atoms with Gasteiger partial charge in [-0.15, -0.1) is 10.2 Å². The van der Waals surface area contributed by atoms with Crippen molar-refractivity contribution in [3.05, 3.63) is 36.4 Å². The Morgan fingerprint density at radius 2 is 2.25 bits per heavy atom. The lowest BCUT2D eigenvalue weighted by Crippen LogP contribution is -2.25. The molecule has 20 heavy (non-hydrogen) atoms. The van der Waals surface area contributed by atoms with Gasteiger partial charge in [0.1, 0.15) is 5.82 Å². The first-order chi connectivity index (χ1) is 9.86. The second-order valence-corrected chi connectivity index (χ2v) is 5.27. The normalized spacial score (nSPS) is 18.4. The van der Waals surface area contributed by atoms with Gasteiger partial charge in [-0.05, 0) is 31.0 Å². The van der Waals surface area contributed by atoms with Gasteiger partial charge in [0, 0.05) is 19.2 Å². The molecule has 1 unspecified atom stereocenters. The second-order valence-electron chi connectivity index (χ2n) is 5.27. The van der Waals surface area contributed by atoms with Gasteiger partial charge in [0.25, 0.3) is 0 Å². The van der Waals surface area contributed by atoms with Crippen molar-refractivity contribution in [3.8, 4) is 11.4 Å². The molecule has 2 N–H and O–H groups in total. The van der Waals surface area contributed by atoms with Crippen molar-refractivity contribution in [2.45, 2.75) is 19.4 Å². The van der Waals surface area contributed by atoms with Crippen LogP contribution in [0.4, 0.5) is 0 Å². The Bertz CT molecular complexity index is 756. The molecule has 102 valence electrons. The number of nitrogens with two attached hydrogens (primary N) is 1. The van der Waals surface area contributed by atoms with E-state index in [1.165, 1.54) is 0 Å². The van der Waals surface area contributed by atoms with E-state index >= 15 is 0 Å². The molecule has 0 amide bonds. The van der Waals surface area contributed by atoms with Crippen LogP contribution in [0.1, 0.15) is 12.2 Å². The van der Waals surface area contributed by atoms with Crippen LogP contribution in [0.3, 0.4) is 0 Å². The Balaban J connectivity index is 1.82. The maximum atomic E-state index is 5.77. The van der Waals surface area contributed by atoms with Gasteiger partial charge < -0.3 is 10.3 Å². The molecular weight excluding hydrogens is 252 g/mol. The van der Waals surface area contributed by atoms with Gasteiger partial charge in [0.05, 0.1) is 17.3 Å². The van der Waals surface area contributed by atoms with Gasteiger partial charge in [0.2, 0.25) is 0 Å². The molecule has 6 heteroatoms. The second kappa shape index (κ2) is 4.42. The van der Waals surface area contributed by atoms with E-state index in [1.54, 1.807) is 0 Å². The smallest absolute Gasteiger partial charge is 0.167 e.